The van der Waals surface area contributed by atoms with Crippen LogP contribution in [0.2, 0.25) is 5.02 Å². The Hall–Kier alpha value is -3.21. The molecule has 3 aliphatic heterocycles. The van der Waals surface area contributed by atoms with Crippen LogP contribution in [0, 0.1) is 19.3 Å². The number of carbonyl (C=O) groups excluding carboxylic acids is 2. The number of amides is 2. The minimum atomic E-state index is -0.499. The van der Waals surface area contributed by atoms with Crippen molar-refractivity contribution in [2.45, 2.75) is 20.3 Å². The number of halogens is 1. The number of aromatic nitrogens is 1. The van der Waals surface area contributed by atoms with Gasteiger partial charge >= 0.3 is 0 Å². The third-order valence-electron chi connectivity index (χ3n) is 6.02. The molecule has 1 N–H and O–H groups in total. The number of hydrazone groups is 1. The van der Waals surface area contributed by atoms with Crippen LogP contribution in [-0.4, -0.2) is 68.6 Å². The number of thioether (sulfide) groups is 1. The van der Waals surface area contributed by atoms with Crippen molar-refractivity contribution in [1.29, 1.82) is 5.41 Å². The highest BCUT2D eigenvalue weighted by molar-refractivity contribution is 8.27. The monoisotopic (exact) mass is 510 g/mol. The minimum Gasteiger partial charge on any atom is -0.378 e. The maximum atomic E-state index is 12.8. The molecule has 1 aromatic heterocycles. The second-order valence-electron chi connectivity index (χ2n) is 8.32. The van der Waals surface area contributed by atoms with Crippen LogP contribution in [0.1, 0.15) is 23.4 Å². The number of morpholine rings is 1. The number of nitrogens with one attached hydrogen (secondary N) is 1. The fourth-order valence-corrected chi connectivity index (χ4v) is 5.24. The Morgan fingerprint density at radius 3 is 2.66 bits per heavy atom. The van der Waals surface area contributed by atoms with Crippen molar-refractivity contribution in [3.05, 3.63) is 57.9 Å². The number of aliphatic imine (C=N–C) groups is 1. The van der Waals surface area contributed by atoms with Gasteiger partial charge in [-0.1, -0.05) is 11.6 Å². The Morgan fingerprint density at radius 2 is 1.94 bits per heavy atom. The SMILES string of the molecule is Cc1cc(/C=C2/C(=N)N3N=C(CC(=O)N4CCOCC4)SC3=NC2=O)c(C)n1-c1ccc(Cl)cc1. The van der Waals surface area contributed by atoms with E-state index in [1.807, 2.05) is 44.2 Å². The second-order valence-corrected chi connectivity index (χ2v) is 9.80. The van der Waals surface area contributed by atoms with E-state index in [-0.39, 0.29) is 23.7 Å². The molecule has 2 aromatic rings. The van der Waals surface area contributed by atoms with Crippen molar-refractivity contribution in [1.82, 2.24) is 14.5 Å². The summed E-state index contributed by atoms with van der Waals surface area (Å²) in [6, 6.07) is 9.48. The zero-order valence-corrected chi connectivity index (χ0v) is 20.8. The Labute approximate surface area is 211 Å². The first kappa shape index (κ1) is 23.5. The molecule has 1 aromatic carbocycles. The van der Waals surface area contributed by atoms with Gasteiger partial charge in [-0.15, -0.1) is 0 Å². The van der Waals surface area contributed by atoms with Gasteiger partial charge in [-0.2, -0.15) is 15.1 Å². The Balaban J connectivity index is 1.39. The van der Waals surface area contributed by atoms with E-state index < -0.39 is 5.91 Å². The summed E-state index contributed by atoms with van der Waals surface area (Å²) in [5.41, 5.74) is 3.81. The molecule has 0 unspecified atom stereocenters. The van der Waals surface area contributed by atoms with Gasteiger partial charge in [0.1, 0.15) is 5.04 Å². The topological polar surface area (TPSA) is 103 Å². The number of rotatable bonds is 4. The highest BCUT2D eigenvalue weighted by atomic mass is 35.5. The van der Waals surface area contributed by atoms with E-state index in [0.717, 1.165) is 34.4 Å². The van der Waals surface area contributed by atoms with Crippen molar-refractivity contribution in [2.24, 2.45) is 10.1 Å². The fourth-order valence-electron chi connectivity index (χ4n) is 4.23. The van der Waals surface area contributed by atoms with E-state index in [9.17, 15) is 9.59 Å². The van der Waals surface area contributed by atoms with Crippen molar-refractivity contribution in [3.8, 4) is 5.69 Å². The minimum absolute atomic E-state index is 0.0525. The van der Waals surface area contributed by atoms with E-state index >= 15 is 0 Å². The Bertz CT molecular complexity index is 1320. The summed E-state index contributed by atoms with van der Waals surface area (Å²) in [7, 11) is 0. The first-order chi connectivity index (χ1) is 16.8. The van der Waals surface area contributed by atoms with E-state index in [1.165, 1.54) is 5.01 Å². The number of amidine groups is 2. The summed E-state index contributed by atoms with van der Waals surface area (Å²) in [5.74, 6) is -0.609. The van der Waals surface area contributed by atoms with Gasteiger partial charge in [0.15, 0.2) is 5.84 Å². The van der Waals surface area contributed by atoms with E-state index in [1.54, 1.807) is 11.0 Å². The number of fused-ring (bicyclic) bond motifs is 1. The average Bonchev–Trinajstić information content (AvgIpc) is 3.37. The fraction of sp³-hybridized carbons (Fsp3) is 0.292. The Kier molecular flexibility index (Phi) is 6.35. The molecule has 0 bridgehead atoms. The molecular formula is C24H23ClN6O3S. The molecule has 35 heavy (non-hydrogen) atoms. The number of hydrogen-bond acceptors (Lipinski definition) is 6. The maximum Gasteiger partial charge on any atom is 0.283 e. The van der Waals surface area contributed by atoms with Crippen LogP contribution in [0.15, 0.2) is 46.0 Å². The van der Waals surface area contributed by atoms with Gasteiger partial charge in [0.05, 0.1) is 25.2 Å². The van der Waals surface area contributed by atoms with Crippen LogP contribution in [0.4, 0.5) is 0 Å². The Morgan fingerprint density at radius 1 is 1.23 bits per heavy atom. The van der Waals surface area contributed by atoms with E-state index in [0.29, 0.717) is 41.5 Å². The standard InChI is InChI=1S/C24H23ClN6O3S/c1-14-11-16(15(2)30(14)18-5-3-17(25)4-6-18)12-19-22(26)31-24(27-23(19)33)35-20(28-31)13-21(32)29-7-9-34-10-8-29/h3-6,11-12,26H,7-10,13H2,1-2H3/b19-12-,26-22?. The predicted octanol–water partition coefficient (Wildman–Crippen LogP) is 3.62. The van der Waals surface area contributed by atoms with Crippen LogP contribution in [0.3, 0.4) is 0 Å². The summed E-state index contributed by atoms with van der Waals surface area (Å²) in [5, 5.41) is 15.9. The van der Waals surface area contributed by atoms with Gasteiger partial charge in [0.25, 0.3) is 5.91 Å². The molecule has 0 saturated carbocycles. The van der Waals surface area contributed by atoms with E-state index in [2.05, 4.69) is 14.7 Å². The lowest BCUT2D eigenvalue weighted by atomic mass is 10.1. The molecule has 0 radical (unpaired) electrons. The van der Waals surface area contributed by atoms with Crippen LogP contribution < -0.4 is 0 Å². The highest BCUT2D eigenvalue weighted by Crippen LogP contribution is 2.31. The third-order valence-corrected chi connectivity index (χ3v) is 7.18. The third kappa shape index (κ3) is 4.56. The molecule has 11 heteroatoms. The van der Waals surface area contributed by atoms with E-state index in [4.69, 9.17) is 21.7 Å². The summed E-state index contributed by atoms with van der Waals surface area (Å²) in [6.07, 6.45) is 1.78. The maximum absolute atomic E-state index is 12.8. The number of aryl methyl sites for hydroxylation is 1. The molecule has 2 amide bonds. The molecule has 3 aliphatic rings. The van der Waals surface area contributed by atoms with Gasteiger partial charge in [-0.3, -0.25) is 15.0 Å². The van der Waals surface area contributed by atoms with Crippen LogP contribution in [0.5, 0.6) is 0 Å². The molecule has 1 fully saturated rings. The number of carbonyl (C=O) groups is 2. The summed E-state index contributed by atoms with van der Waals surface area (Å²) in [4.78, 5) is 31.3. The molecular weight excluding hydrogens is 488 g/mol. The van der Waals surface area contributed by atoms with Crippen LogP contribution >= 0.6 is 23.4 Å². The van der Waals surface area contributed by atoms with Crippen molar-refractivity contribution in [3.63, 3.8) is 0 Å². The first-order valence-electron chi connectivity index (χ1n) is 11.1. The number of hydrogen-bond donors (Lipinski definition) is 1. The number of ether oxygens (including phenoxy) is 1. The molecule has 5 rings (SSSR count). The lowest BCUT2D eigenvalue weighted by Gasteiger charge is -2.26. The molecule has 0 atom stereocenters. The predicted molar refractivity (Wildman–Crippen MR) is 137 cm³/mol. The highest BCUT2D eigenvalue weighted by Gasteiger charge is 2.36. The zero-order chi connectivity index (χ0) is 24.7. The zero-order valence-electron chi connectivity index (χ0n) is 19.2. The largest absolute Gasteiger partial charge is 0.378 e. The molecule has 180 valence electrons. The van der Waals surface area contributed by atoms with Gasteiger partial charge in [-0.05, 0) is 67.6 Å². The first-order valence-corrected chi connectivity index (χ1v) is 12.3. The van der Waals surface area contributed by atoms with Crippen molar-refractivity contribution < 1.29 is 14.3 Å². The lowest BCUT2D eigenvalue weighted by Crippen LogP contribution is -2.41. The second kappa shape index (κ2) is 9.44. The van der Waals surface area contributed by atoms with Gasteiger partial charge < -0.3 is 14.2 Å². The average molecular weight is 511 g/mol. The summed E-state index contributed by atoms with van der Waals surface area (Å²) < 4.78 is 7.36. The van der Waals surface area contributed by atoms with Crippen LogP contribution in [0.25, 0.3) is 11.8 Å². The lowest BCUT2D eigenvalue weighted by molar-refractivity contribution is -0.133. The summed E-state index contributed by atoms with van der Waals surface area (Å²) in [6.45, 7) is 6.09. The van der Waals surface area contributed by atoms with Crippen molar-refractivity contribution >= 4 is 57.3 Å². The molecule has 9 nitrogen and oxygen atoms in total. The number of nitrogens with zero attached hydrogens (tertiary/aromatic N) is 5. The smallest absolute Gasteiger partial charge is 0.283 e. The number of benzene rings is 1. The van der Waals surface area contributed by atoms with Gasteiger partial charge in [-0.25, -0.2) is 0 Å². The summed E-state index contributed by atoms with van der Waals surface area (Å²) >= 11 is 7.19. The molecule has 0 aliphatic carbocycles. The normalized spacial score (nSPS) is 19.2. The van der Waals surface area contributed by atoms with Gasteiger partial charge in [0, 0.05) is 35.2 Å². The molecule has 4 heterocycles. The molecule has 0 spiro atoms. The van der Waals surface area contributed by atoms with Gasteiger partial charge in [0.2, 0.25) is 11.1 Å². The van der Waals surface area contributed by atoms with Crippen LogP contribution in [-0.2, 0) is 14.3 Å². The molecule has 1 saturated heterocycles. The quantitative estimate of drug-likeness (QED) is 0.633. The van der Waals surface area contributed by atoms with Crippen molar-refractivity contribution in [2.75, 3.05) is 26.3 Å².